The molecule has 0 N–H and O–H groups in total. The Kier molecular flexibility index (Phi) is 3.18. The Labute approximate surface area is 128 Å². The highest BCUT2D eigenvalue weighted by Crippen LogP contribution is 2.46. The molecule has 2 aliphatic heterocycles. The molecule has 0 radical (unpaired) electrons. The van der Waals surface area contributed by atoms with Gasteiger partial charge in [0.25, 0.3) is 0 Å². The molecule has 114 valence electrons. The normalized spacial score (nSPS) is 27.5. The minimum absolute atomic E-state index is 0.399. The molecule has 2 aromatic heterocycles. The van der Waals surface area contributed by atoms with Gasteiger partial charge in [0.15, 0.2) is 0 Å². The maximum atomic E-state index is 14.1. The largest absolute Gasteiger partial charge is 0.300 e. The van der Waals surface area contributed by atoms with Crippen molar-refractivity contribution in [2.75, 3.05) is 7.05 Å². The highest BCUT2D eigenvalue weighted by atomic mass is 19.1. The van der Waals surface area contributed by atoms with E-state index in [2.05, 4.69) is 21.9 Å². The number of likely N-dealkylation sites (N-methyl/N-ethyl adjacent to an activating group) is 1. The van der Waals surface area contributed by atoms with Gasteiger partial charge in [0.2, 0.25) is 11.9 Å². The van der Waals surface area contributed by atoms with Crippen molar-refractivity contribution >= 4 is 0 Å². The first-order valence-electron chi connectivity index (χ1n) is 7.63. The van der Waals surface area contributed by atoms with Crippen LogP contribution in [0.4, 0.5) is 8.78 Å². The molecular weight excluding hydrogens is 284 g/mol. The van der Waals surface area contributed by atoms with Gasteiger partial charge in [0.1, 0.15) is 0 Å². The van der Waals surface area contributed by atoms with Gasteiger partial charge in [-0.3, -0.25) is 4.90 Å². The van der Waals surface area contributed by atoms with Crippen LogP contribution in [0.25, 0.3) is 11.1 Å². The van der Waals surface area contributed by atoms with Crippen molar-refractivity contribution in [1.82, 2.24) is 14.9 Å². The predicted molar refractivity (Wildman–Crippen MR) is 79.3 cm³/mol. The Balaban J connectivity index is 1.71. The number of fused-ring (bicyclic) bond motifs is 2. The van der Waals surface area contributed by atoms with E-state index in [4.69, 9.17) is 0 Å². The van der Waals surface area contributed by atoms with E-state index < -0.39 is 11.9 Å². The number of rotatable bonds is 2. The number of nitrogens with zero attached hydrogens (tertiary/aromatic N) is 3. The third kappa shape index (κ3) is 2.11. The molecule has 4 rings (SSSR count). The van der Waals surface area contributed by atoms with Crippen LogP contribution in [0, 0.1) is 11.9 Å². The quantitative estimate of drug-likeness (QED) is 0.796. The highest BCUT2D eigenvalue weighted by molar-refractivity contribution is 5.63. The fourth-order valence-electron chi connectivity index (χ4n) is 4.02. The molecule has 0 unspecified atom stereocenters. The van der Waals surface area contributed by atoms with Gasteiger partial charge in [-0.05, 0) is 50.1 Å². The van der Waals surface area contributed by atoms with Crippen LogP contribution < -0.4 is 0 Å². The molecule has 2 saturated heterocycles. The molecule has 0 spiro atoms. The third-order valence-corrected chi connectivity index (χ3v) is 5.21. The van der Waals surface area contributed by atoms with Crippen LogP contribution in [-0.4, -0.2) is 34.0 Å². The lowest BCUT2D eigenvalue weighted by Crippen LogP contribution is -2.25. The summed E-state index contributed by atoms with van der Waals surface area (Å²) in [5.74, 6) is -0.694. The Morgan fingerprint density at radius 1 is 1.14 bits per heavy atom. The Hall–Kier alpha value is -1.88. The molecule has 2 bridgehead atoms. The van der Waals surface area contributed by atoms with E-state index >= 15 is 0 Å². The summed E-state index contributed by atoms with van der Waals surface area (Å²) in [4.78, 5) is 9.97. The van der Waals surface area contributed by atoms with Gasteiger partial charge in [-0.25, -0.2) is 9.97 Å². The minimum atomic E-state index is -0.567. The number of hydrogen-bond acceptors (Lipinski definition) is 3. The maximum absolute atomic E-state index is 14.1. The second kappa shape index (κ2) is 5.09. The number of hydrogen-bond donors (Lipinski definition) is 0. The third-order valence-electron chi connectivity index (χ3n) is 5.21. The molecule has 4 heterocycles. The van der Waals surface area contributed by atoms with Crippen LogP contribution in [0.5, 0.6) is 0 Å². The van der Waals surface area contributed by atoms with Crippen molar-refractivity contribution < 1.29 is 8.78 Å². The van der Waals surface area contributed by atoms with E-state index in [0.717, 1.165) is 12.0 Å². The monoisotopic (exact) mass is 301 g/mol. The molecule has 2 aromatic rings. The van der Waals surface area contributed by atoms with Gasteiger partial charge in [0, 0.05) is 41.5 Å². The number of pyridine rings is 2. The summed E-state index contributed by atoms with van der Waals surface area (Å²) in [6, 6.07) is 5.80. The molecule has 2 aliphatic rings. The first kappa shape index (κ1) is 13.8. The predicted octanol–water partition coefficient (Wildman–Crippen LogP) is 3.37. The van der Waals surface area contributed by atoms with Crippen LogP contribution in [0.15, 0.2) is 30.6 Å². The number of aromatic nitrogens is 2. The summed E-state index contributed by atoms with van der Waals surface area (Å²) in [6.45, 7) is 0. The van der Waals surface area contributed by atoms with Gasteiger partial charge in [-0.1, -0.05) is 0 Å². The van der Waals surface area contributed by atoms with Gasteiger partial charge >= 0.3 is 0 Å². The summed E-state index contributed by atoms with van der Waals surface area (Å²) in [5, 5.41) is 0. The Morgan fingerprint density at radius 3 is 2.64 bits per heavy atom. The van der Waals surface area contributed by atoms with Crippen LogP contribution >= 0.6 is 0 Å². The summed E-state index contributed by atoms with van der Waals surface area (Å²) in [6.07, 6.45) is 6.55. The minimum Gasteiger partial charge on any atom is -0.300 e. The van der Waals surface area contributed by atoms with E-state index in [-0.39, 0.29) is 0 Å². The topological polar surface area (TPSA) is 29.0 Å². The average Bonchev–Trinajstić information content (AvgIpc) is 3.04. The van der Waals surface area contributed by atoms with E-state index in [1.165, 1.54) is 25.1 Å². The van der Waals surface area contributed by atoms with Crippen molar-refractivity contribution in [3.8, 4) is 11.1 Å². The van der Waals surface area contributed by atoms with Crippen molar-refractivity contribution in [3.63, 3.8) is 0 Å². The lowest BCUT2D eigenvalue weighted by atomic mass is 9.84. The molecule has 5 heteroatoms. The van der Waals surface area contributed by atoms with Crippen molar-refractivity contribution in [3.05, 3.63) is 48.1 Å². The SMILES string of the molecule is CN1[C@H]2CC[C@@H]1[C@@H](c1cnc(F)c(-c3ccc(F)nc3)c1)C2. The first-order valence-corrected chi connectivity index (χ1v) is 7.63. The van der Waals surface area contributed by atoms with Gasteiger partial charge in [-0.15, -0.1) is 0 Å². The Morgan fingerprint density at radius 2 is 2.00 bits per heavy atom. The lowest BCUT2D eigenvalue weighted by molar-refractivity contribution is 0.307. The van der Waals surface area contributed by atoms with E-state index in [1.807, 2.05) is 6.07 Å². The fourth-order valence-corrected chi connectivity index (χ4v) is 4.02. The Bertz CT molecular complexity index is 702. The van der Waals surface area contributed by atoms with E-state index in [1.54, 1.807) is 12.3 Å². The van der Waals surface area contributed by atoms with Gasteiger partial charge in [0.05, 0.1) is 0 Å². The molecule has 22 heavy (non-hydrogen) atoms. The summed E-state index contributed by atoms with van der Waals surface area (Å²) in [5.41, 5.74) is 2.03. The van der Waals surface area contributed by atoms with E-state index in [9.17, 15) is 8.78 Å². The number of halogens is 2. The van der Waals surface area contributed by atoms with E-state index in [0.29, 0.717) is 29.1 Å². The molecule has 0 amide bonds. The van der Waals surface area contributed by atoms with Crippen LogP contribution in [-0.2, 0) is 0 Å². The van der Waals surface area contributed by atoms with Gasteiger partial charge in [-0.2, -0.15) is 8.78 Å². The fraction of sp³-hybridized carbons (Fsp3) is 0.412. The molecule has 3 atom stereocenters. The van der Waals surface area contributed by atoms with Crippen LogP contribution in [0.2, 0.25) is 0 Å². The van der Waals surface area contributed by atoms with Crippen LogP contribution in [0.3, 0.4) is 0 Å². The second-order valence-electron chi connectivity index (χ2n) is 6.28. The van der Waals surface area contributed by atoms with Crippen molar-refractivity contribution in [1.29, 1.82) is 0 Å². The molecule has 3 nitrogen and oxygen atoms in total. The standard InChI is InChI=1S/C17H17F2N3/c1-22-12-3-4-15(22)13(7-12)11-6-14(17(19)21-9-11)10-2-5-16(18)20-8-10/h2,5-6,8-9,12-13,15H,3-4,7H2,1H3/t12-,13+,15+/m0/s1. The molecular formula is C17H17F2N3. The lowest BCUT2D eigenvalue weighted by Gasteiger charge is -2.22. The van der Waals surface area contributed by atoms with Crippen molar-refractivity contribution in [2.45, 2.75) is 37.3 Å². The molecule has 2 fully saturated rings. The van der Waals surface area contributed by atoms with Crippen molar-refractivity contribution in [2.24, 2.45) is 0 Å². The van der Waals surface area contributed by atoms with Gasteiger partial charge < -0.3 is 0 Å². The zero-order valence-corrected chi connectivity index (χ0v) is 12.3. The zero-order chi connectivity index (χ0) is 15.3. The highest BCUT2D eigenvalue weighted by Gasteiger charge is 2.44. The average molecular weight is 301 g/mol. The second-order valence-corrected chi connectivity index (χ2v) is 6.28. The smallest absolute Gasteiger partial charge is 0.220 e. The summed E-state index contributed by atoms with van der Waals surface area (Å²) >= 11 is 0. The summed E-state index contributed by atoms with van der Waals surface area (Å²) < 4.78 is 27.0. The molecule has 0 aliphatic carbocycles. The first-order chi connectivity index (χ1) is 10.6. The molecule has 0 aromatic carbocycles. The maximum Gasteiger partial charge on any atom is 0.220 e. The zero-order valence-electron chi connectivity index (χ0n) is 12.3. The molecule has 0 saturated carbocycles. The summed E-state index contributed by atoms with van der Waals surface area (Å²) in [7, 11) is 2.17. The van der Waals surface area contributed by atoms with Crippen LogP contribution in [0.1, 0.15) is 30.7 Å².